The second kappa shape index (κ2) is 16.3. The third kappa shape index (κ3) is 23.4. The van der Waals surface area contributed by atoms with Gasteiger partial charge in [0.1, 0.15) is 13.2 Å². The van der Waals surface area contributed by atoms with E-state index in [2.05, 4.69) is 35.0 Å². The van der Waals surface area contributed by atoms with Gasteiger partial charge in [-0.05, 0) is 13.8 Å². The number of ether oxygens (including phenoxy) is 1. The van der Waals surface area contributed by atoms with E-state index in [-0.39, 0.29) is 6.61 Å². The van der Waals surface area contributed by atoms with E-state index in [1.54, 1.807) is 13.8 Å². The van der Waals surface area contributed by atoms with Crippen LogP contribution in [0.5, 0.6) is 0 Å². The minimum absolute atomic E-state index is 0.0174. The average molecular weight is 166 g/mol. The van der Waals surface area contributed by atoms with Crippen LogP contribution in [0.1, 0.15) is 13.8 Å². The molecule has 2 nitrogen and oxygen atoms in total. The lowest BCUT2D eigenvalue weighted by Gasteiger charge is -1.85. The molecular formula is C10H14O2. The quantitative estimate of drug-likeness (QED) is 0.379. The maximum absolute atomic E-state index is 7.89. The van der Waals surface area contributed by atoms with Crippen LogP contribution in [0.4, 0.5) is 0 Å². The van der Waals surface area contributed by atoms with Crippen molar-refractivity contribution in [1.29, 1.82) is 0 Å². The van der Waals surface area contributed by atoms with Crippen molar-refractivity contribution in [3.05, 3.63) is 12.8 Å². The molecular weight excluding hydrogens is 152 g/mol. The molecule has 0 saturated carbocycles. The summed E-state index contributed by atoms with van der Waals surface area (Å²) >= 11 is 0. The Kier molecular flexibility index (Phi) is 18.0. The number of hydrogen-bond donors (Lipinski definition) is 1. The van der Waals surface area contributed by atoms with Gasteiger partial charge >= 0.3 is 0 Å². The molecule has 12 heavy (non-hydrogen) atoms. The summed E-state index contributed by atoms with van der Waals surface area (Å²) < 4.78 is 4.66. The van der Waals surface area contributed by atoms with Crippen molar-refractivity contribution in [2.75, 3.05) is 13.2 Å². The molecule has 0 aliphatic carbocycles. The second-order valence-corrected chi connectivity index (χ2v) is 1.49. The first-order valence-corrected chi connectivity index (χ1v) is 3.46. The first-order valence-electron chi connectivity index (χ1n) is 3.46. The van der Waals surface area contributed by atoms with E-state index in [1.807, 2.05) is 0 Å². The Morgan fingerprint density at radius 1 is 1.33 bits per heavy atom. The summed E-state index contributed by atoms with van der Waals surface area (Å²) in [5, 5.41) is 7.89. The zero-order chi connectivity index (χ0) is 9.66. The van der Waals surface area contributed by atoms with Crippen molar-refractivity contribution in [3.8, 4) is 23.7 Å². The molecule has 0 atom stereocenters. The topological polar surface area (TPSA) is 29.5 Å². The number of aliphatic hydroxyl groups excluding tert-OH is 1. The van der Waals surface area contributed by atoms with Crippen LogP contribution < -0.4 is 0 Å². The first kappa shape index (κ1) is 13.2. The fraction of sp³-hybridized carbons (Fsp3) is 0.400. The summed E-state index contributed by atoms with van der Waals surface area (Å²) in [4.78, 5) is 0. The van der Waals surface area contributed by atoms with Gasteiger partial charge in [-0.1, -0.05) is 18.4 Å². The third-order valence-corrected chi connectivity index (χ3v) is 0.706. The fourth-order valence-electron chi connectivity index (χ4n) is 0.252. The lowest BCUT2D eigenvalue weighted by molar-refractivity contribution is 0.298. The van der Waals surface area contributed by atoms with Crippen molar-refractivity contribution in [2.45, 2.75) is 13.8 Å². The van der Waals surface area contributed by atoms with Crippen LogP contribution in [-0.2, 0) is 4.74 Å². The van der Waals surface area contributed by atoms with E-state index in [0.29, 0.717) is 6.61 Å². The molecule has 66 valence electrons. The Morgan fingerprint density at radius 2 is 1.92 bits per heavy atom. The zero-order valence-electron chi connectivity index (χ0n) is 7.55. The standard InChI is InChI=1S/C6H8O.C4H6O/c1-3-5-6-7-4-2;1-2-3-4-5/h4H,2,6H2,1H3;5H,4H2,1H3. The van der Waals surface area contributed by atoms with Crippen molar-refractivity contribution < 1.29 is 9.84 Å². The van der Waals surface area contributed by atoms with Crippen molar-refractivity contribution >= 4 is 0 Å². The minimum Gasteiger partial charge on any atom is -0.489 e. The van der Waals surface area contributed by atoms with Gasteiger partial charge in [-0.15, -0.1) is 11.8 Å². The van der Waals surface area contributed by atoms with Crippen LogP contribution in [0, 0.1) is 23.7 Å². The van der Waals surface area contributed by atoms with Gasteiger partial charge < -0.3 is 9.84 Å². The van der Waals surface area contributed by atoms with Crippen molar-refractivity contribution in [3.63, 3.8) is 0 Å². The van der Waals surface area contributed by atoms with E-state index in [0.717, 1.165) is 0 Å². The lowest BCUT2D eigenvalue weighted by atomic mass is 10.6. The van der Waals surface area contributed by atoms with E-state index < -0.39 is 0 Å². The summed E-state index contributed by atoms with van der Waals surface area (Å²) in [7, 11) is 0. The molecule has 0 fully saturated rings. The van der Waals surface area contributed by atoms with Crippen LogP contribution in [0.15, 0.2) is 12.8 Å². The predicted molar refractivity (Wildman–Crippen MR) is 50.1 cm³/mol. The largest absolute Gasteiger partial charge is 0.489 e. The van der Waals surface area contributed by atoms with Crippen LogP contribution in [0.2, 0.25) is 0 Å². The summed E-state index contributed by atoms with van der Waals surface area (Å²) in [5.41, 5.74) is 0. The van der Waals surface area contributed by atoms with Gasteiger partial charge in [0.25, 0.3) is 0 Å². The normalized spacial score (nSPS) is 5.58. The lowest BCUT2D eigenvalue weighted by Crippen LogP contribution is -1.77. The van der Waals surface area contributed by atoms with Crippen molar-refractivity contribution in [1.82, 2.24) is 0 Å². The molecule has 0 aromatic heterocycles. The predicted octanol–water partition coefficient (Wildman–Crippen LogP) is 1.17. The highest BCUT2D eigenvalue weighted by Crippen LogP contribution is 1.67. The van der Waals surface area contributed by atoms with Gasteiger partial charge in [-0.25, -0.2) is 0 Å². The minimum atomic E-state index is -0.0174. The second-order valence-electron chi connectivity index (χ2n) is 1.49. The number of aliphatic hydroxyl groups is 1. The SMILES string of the molecule is C=COCC#CC.CC#CCO. The van der Waals surface area contributed by atoms with E-state index in [1.165, 1.54) is 6.26 Å². The number of rotatable bonds is 2. The van der Waals surface area contributed by atoms with E-state index >= 15 is 0 Å². The van der Waals surface area contributed by atoms with Gasteiger partial charge in [0.15, 0.2) is 0 Å². The Balaban J connectivity index is 0. The molecule has 2 heteroatoms. The van der Waals surface area contributed by atoms with Crippen LogP contribution in [0.25, 0.3) is 0 Å². The molecule has 0 rings (SSSR count). The molecule has 0 saturated heterocycles. The molecule has 0 bridgehead atoms. The van der Waals surface area contributed by atoms with Gasteiger partial charge in [0.2, 0.25) is 0 Å². The summed E-state index contributed by atoms with van der Waals surface area (Å²) in [6, 6.07) is 0. The Labute approximate surface area is 74.2 Å². The van der Waals surface area contributed by atoms with Crippen LogP contribution in [0.3, 0.4) is 0 Å². The summed E-state index contributed by atoms with van der Waals surface area (Å²) in [6.45, 7) is 7.24. The molecule has 0 aromatic rings. The molecule has 0 aromatic carbocycles. The maximum atomic E-state index is 7.89. The molecule has 1 N–H and O–H groups in total. The molecule has 0 radical (unpaired) electrons. The van der Waals surface area contributed by atoms with E-state index in [4.69, 9.17) is 5.11 Å². The smallest absolute Gasteiger partial charge is 0.148 e. The van der Waals surface area contributed by atoms with E-state index in [9.17, 15) is 0 Å². The Bertz CT molecular complexity index is 197. The van der Waals surface area contributed by atoms with Gasteiger partial charge in [-0.2, -0.15) is 0 Å². The molecule has 0 aliphatic heterocycles. The molecule has 0 aliphatic rings. The Morgan fingerprint density at radius 3 is 2.17 bits per heavy atom. The zero-order valence-corrected chi connectivity index (χ0v) is 7.55. The highest BCUT2D eigenvalue weighted by atomic mass is 16.5. The molecule has 0 heterocycles. The van der Waals surface area contributed by atoms with Gasteiger partial charge in [0.05, 0.1) is 6.26 Å². The monoisotopic (exact) mass is 166 g/mol. The average Bonchev–Trinajstić information content (AvgIpc) is 2.08. The molecule has 0 spiro atoms. The highest BCUT2D eigenvalue weighted by Gasteiger charge is 1.63. The molecule has 0 unspecified atom stereocenters. The van der Waals surface area contributed by atoms with Gasteiger partial charge in [-0.3, -0.25) is 0 Å². The fourth-order valence-corrected chi connectivity index (χ4v) is 0.252. The van der Waals surface area contributed by atoms with Crippen LogP contribution >= 0.6 is 0 Å². The number of hydrogen-bond acceptors (Lipinski definition) is 2. The van der Waals surface area contributed by atoms with Crippen LogP contribution in [-0.4, -0.2) is 18.3 Å². The third-order valence-electron chi connectivity index (χ3n) is 0.706. The Hall–Kier alpha value is -1.38. The van der Waals surface area contributed by atoms with Gasteiger partial charge in [0, 0.05) is 0 Å². The first-order chi connectivity index (χ1) is 5.83. The maximum Gasteiger partial charge on any atom is 0.148 e. The molecule has 0 amide bonds. The summed E-state index contributed by atoms with van der Waals surface area (Å²) in [6.07, 6.45) is 1.38. The highest BCUT2D eigenvalue weighted by molar-refractivity contribution is 4.95. The summed E-state index contributed by atoms with van der Waals surface area (Å²) in [5.74, 6) is 10.3. The van der Waals surface area contributed by atoms with Crippen molar-refractivity contribution in [2.24, 2.45) is 0 Å².